The van der Waals surface area contributed by atoms with Gasteiger partial charge in [0.2, 0.25) is 100 Å². The molecule has 0 aliphatic heterocycles. The number of aliphatic hydroxyl groups is 2. The van der Waals surface area contributed by atoms with Crippen LogP contribution in [0.15, 0.2) is 60.8 Å². The molecule has 137 heavy (non-hydrogen) atoms. The zero-order valence-electron chi connectivity index (χ0n) is 77.8. The van der Waals surface area contributed by atoms with Crippen molar-refractivity contribution in [3.8, 4) is 0 Å². The number of fused-ring (bicyclic) bond motifs is 1. The van der Waals surface area contributed by atoms with E-state index in [1.54, 1.807) is 102 Å². The Hall–Kier alpha value is -12.7. The van der Waals surface area contributed by atoms with Gasteiger partial charge in [-0.1, -0.05) is 96.5 Å². The third kappa shape index (κ3) is 43.5. The summed E-state index contributed by atoms with van der Waals surface area (Å²) in [7, 11) is 0. The van der Waals surface area contributed by atoms with Crippen LogP contribution in [-0.4, -0.2) is 307 Å². The maximum absolute atomic E-state index is 14.7. The number of H-pyrrole nitrogens is 1. The highest BCUT2D eigenvalue weighted by Crippen LogP contribution is 2.22. The first-order valence-electron chi connectivity index (χ1n) is 44.8. The summed E-state index contributed by atoms with van der Waals surface area (Å²) in [5, 5.41) is 98.8. The monoisotopic (exact) mass is 1970 g/mol. The van der Waals surface area contributed by atoms with Crippen LogP contribution < -0.4 is 108 Å². The molecule has 0 spiro atoms. The van der Waals surface area contributed by atoms with E-state index in [0.717, 1.165) is 11.8 Å². The Morgan fingerprint density at radius 1 is 0.401 bits per heavy atom. The first-order chi connectivity index (χ1) is 64.7. The Labute approximate surface area is 801 Å². The van der Waals surface area contributed by atoms with Crippen LogP contribution in [0.2, 0.25) is 0 Å². The van der Waals surface area contributed by atoms with Gasteiger partial charge in [0.05, 0.1) is 32.1 Å². The van der Waals surface area contributed by atoms with Gasteiger partial charge in [0.1, 0.15) is 97.2 Å². The Morgan fingerprint density at radius 2 is 0.788 bits per heavy atom. The molecule has 1 heterocycles. The molecule has 0 aliphatic rings. The van der Waals surface area contributed by atoms with Gasteiger partial charge in [0.25, 0.3) is 0 Å². The van der Waals surface area contributed by atoms with Crippen molar-refractivity contribution in [1.82, 2.24) is 90.1 Å². The third-order valence-corrected chi connectivity index (χ3v) is 22.5. The Kier molecular flexibility index (Phi) is 53.8. The number of para-hydroxylation sites is 1. The fourth-order valence-electron chi connectivity index (χ4n) is 13.8. The number of nitrogens with one attached hydrogen (secondary N) is 17. The standard InChI is InChI=1S/C87H135N21O27S2/c1-9-46(6)71(108-79(127)54(24-16-18-31-89)96-86(134)65(43-136)107-75(123)53(23-15-17-30-88)95-73(121)51(90)37-69(116)117)87(135)106-64(42-110)84(132)98-56(26-28-68(114)115)76(124)97-55(25-27-67(112)113)77(125)99-57(29-32-137-8)78(126)105-63(41-109)85(133)104-62(38-66(91)111)83(131)103-60(35-48-19-11-10-12-20-48)81(129)102-59(34-45(4)5)80(128)94-47(7)72(120)100-61(36-49-39-92-52-22-14-13-21-50(49)52)82(130)101-58(33-44(2)3)74(122)93-40-70(118)119/h10-14,19-22,39,44-47,51,53-65,71,92,109-110,136H,9,15-18,23-38,40-43,88-90H2,1-8H3,(H2,91,111)(H,93,122)(H,94,128)(H,95,121)(H,96,134)(H,97,124)(H,98,132)(H,99,125)(H,100,120)(H,101,130)(H,102,129)(H,103,131)(H,104,133)(H,105,126)(H,106,135)(H,107,123)(H,108,127)(H,112,113)(H,114,115)(H,116,117)(H,118,119)/t46-,47-,51-,53-,54-,55-,56-,57-,58-,59-,60-,61-,62-,63-,64-,65-,71-/m0/s1. The van der Waals surface area contributed by atoms with Crippen molar-refractivity contribution in [2.24, 2.45) is 40.7 Å². The van der Waals surface area contributed by atoms with Gasteiger partial charge in [-0.3, -0.25) is 101 Å². The molecule has 3 rings (SSSR count). The number of carboxylic acid groups (broad SMARTS) is 4. The van der Waals surface area contributed by atoms with E-state index in [9.17, 15) is 126 Å². The number of nitrogens with two attached hydrogens (primary N) is 4. The van der Waals surface area contributed by atoms with Crippen molar-refractivity contribution in [2.75, 3.05) is 50.6 Å². The zero-order valence-corrected chi connectivity index (χ0v) is 79.6. The summed E-state index contributed by atoms with van der Waals surface area (Å²) in [6.07, 6.45) is -1.42. The van der Waals surface area contributed by atoms with E-state index in [2.05, 4.69) is 103 Å². The van der Waals surface area contributed by atoms with E-state index < -0.39 is 285 Å². The Morgan fingerprint density at radius 3 is 1.25 bits per heavy atom. The molecule has 0 fully saturated rings. The number of thiol groups is 1. The highest BCUT2D eigenvalue weighted by molar-refractivity contribution is 7.98. The van der Waals surface area contributed by atoms with E-state index >= 15 is 0 Å². The van der Waals surface area contributed by atoms with Gasteiger partial charge in [-0.05, 0) is 138 Å². The average Bonchev–Trinajstić information content (AvgIpc) is 1.65. The van der Waals surface area contributed by atoms with Crippen LogP contribution in [0.3, 0.4) is 0 Å². The fourth-order valence-corrected chi connectivity index (χ4v) is 14.5. The molecular weight excluding hydrogens is 1840 g/mol. The molecular formula is C87H135N21O27S2. The number of carboxylic acids is 4. The van der Waals surface area contributed by atoms with Crippen molar-refractivity contribution in [1.29, 1.82) is 0 Å². The number of rotatable bonds is 67. The molecule has 50 heteroatoms. The minimum atomic E-state index is -2.06. The molecule has 0 unspecified atom stereocenters. The predicted molar refractivity (Wildman–Crippen MR) is 500 cm³/mol. The number of unbranched alkanes of at least 4 members (excludes halogenated alkanes) is 2. The number of hydrogen-bond acceptors (Lipinski definition) is 28. The van der Waals surface area contributed by atoms with Gasteiger partial charge >= 0.3 is 23.9 Å². The fraction of sp³-hybridized carbons (Fsp3) is 0.598. The number of primary amides is 1. The number of aliphatic carboxylic acids is 4. The molecule has 31 N–H and O–H groups in total. The number of carbonyl (C=O) groups excluding carboxylic acids is 17. The maximum Gasteiger partial charge on any atom is 0.322 e. The molecule has 0 radical (unpaired) electrons. The van der Waals surface area contributed by atoms with Crippen LogP contribution in [0.1, 0.15) is 162 Å². The van der Waals surface area contributed by atoms with Crippen molar-refractivity contribution in [2.45, 2.75) is 261 Å². The SMILES string of the molecule is CC[C@H](C)[C@H](NC(=O)[C@H](CCCCN)NC(=O)[C@H](CS)NC(=O)[C@H](CCCCN)NC(=O)[C@@H](N)CC(=O)O)C(=O)N[C@@H](CO)C(=O)N[C@@H](CCC(=O)O)C(=O)N[C@@H](CCC(=O)O)C(=O)N[C@@H](CCSC)C(=O)N[C@@H](CO)C(=O)N[C@@H](CC(N)=O)C(=O)N[C@@H](Cc1ccccc1)C(=O)N[C@@H](CC(C)C)C(=O)N[C@@H](C)C(=O)N[C@@H](Cc1c[nH]c2ccccc12)C(=O)N[C@@H](CC(C)C)C(=O)NCC(=O)O. The van der Waals surface area contributed by atoms with E-state index in [1.807, 2.05) is 0 Å². The number of thioether (sulfide) groups is 1. The molecule has 48 nitrogen and oxygen atoms in total. The van der Waals surface area contributed by atoms with Crippen LogP contribution in [0.25, 0.3) is 10.9 Å². The summed E-state index contributed by atoms with van der Waals surface area (Å²) >= 11 is 5.35. The minimum absolute atomic E-state index is 0.0205. The highest BCUT2D eigenvalue weighted by atomic mass is 32.2. The van der Waals surface area contributed by atoms with Crippen molar-refractivity contribution in [3.05, 3.63) is 71.9 Å². The summed E-state index contributed by atoms with van der Waals surface area (Å²) in [6.45, 7) is 8.49. The second-order valence-corrected chi connectivity index (χ2v) is 35.0. The van der Waals surface area contributed by atoms with Gasteiger partial charge in [-0.25, -0.2) is 0 Å². The molecule has 762 valence electrons. The highest BCUT2D eigenvalue weighted by Gasteiger charge is 2.41. The van der Waals surface area contributed by atoms with E-state index in [0.29, 0.717) is 41.3 Å². The lowest BCUT2D eigenvalue weighted by Gasteiger charge is -2.29. The van der Waals surface area contributed by atoms with Crippen LogP contribution in [-0.2, 0) is 114 Å². The van der Waals surface area contributed by atoms with Gasteiger partial charge in [0.15, 0.2) is 0 Å². The lowest BCUT2D eigenvalue weighted by molar-refractivity contribution is -0.140. The number of benzene rings is 2. The van der Waals surface area contributed by atoms with Crippen LogP contribution in [0.5, 0.6) is 0 Å². The Balaban J connectivity index is 1.92. The second kappa shape index (κ2) is 62.2. The number of aromatic nitrogens is 1. The molecule has 0 aliphatic carbocycles. The van der Waals surface area contributed by atoms with Crippen LogP contribution >= 0.6 is 24.4 Å². The molecule has 1 aromatic heterocycles. The van der Waals surface area contributed by atoms with Crippen LogP contribution in [0.4, 0.5) is 0 Å². The lowest BCUT2D eigenvalue weighted by atomic mass is 9.97. The number of carbonyl (C=O) groups is 21. The topological polar surface area (TPSA) is 792 Å². The quantitative estimate of drug-likeness (QED) is 0.0185. The van der Waals surface area contributed by atoms with Gasteiger partial charge in [-0.2, -0.15) is 24.4 Å². The largest absolute Gasteiger partial charge is 0.481 e. The number of aromatic amines is 1. The van der Waals surface area contributed by atoms with Gasteiger partial charge < -0.3 is 144 Å². The van der Waals surface area contributed by atoms with Crippen LogP contribution in [0, 0.1) is 17.8 Å². The van der Waals surface area contributed by atoms with E-state index in [-0.39, 0.29) is 94.2 Å². The Bertz CT molecular complexity index is 4590. The van der Waals surface area contributed by atoms with Gasteiger partial charge in [0, 0.05) is 48.5 Å². The number of aliphatic hydroxyl groups excluding tert-OH is 2. The molecule has 2 aromatic carbocycles. The predicted octanol–water partition coefficient (Wildman–Crippen LogP) is -6.08. The average molecular weight is 1970 g/mol. The molecule has 0 saturated heterocycles. The molecule has 3 aromatic rings. The number of hydrogen-bond donors (Lipinski definition) is 28. The lowest BCUT2D eigenvalue weighted by Crippen LogP contribution is -2.62. The molecule has 17 amide bonds. The van der Waals surface area contributed by atoms with E-state index in [4.69, 9.17) is 28.0 Å². The second-order valence-electron chi connectivity index (χ2n) is 33.7. The summed E-state index contributed by atoms with van der Waals surface area (Å²) < 4.78 is 0. The molecule has 17 atom stereocenters. The third-order valence-electron chi connectivity index (χ3n) is 21.5. The smallest absolute Gasteiger partial charge is 0.322 e. The van der Waals surface area contributed by atoms with Crippen molar-refractivity contribution < 1.29 is 131 Å². The van der Waals surface area contributed by atoms with Crippen molar-refractivity contribution >= 4 is 160 Å². The maximum atomic E-state index is 14.7. The van der Waals surface area contributed by atoms with Gasteiger partial charge in [-0.15, -0.1) is 0 Å². The zero-order chi connectivity index (χ0) is 103. The summed E-state index contributed by atoms with van der Waals surface area (Å²) in [5.41, 5.74) is 24.4. The normalized spacial score (nSPS) is 14.9. The van der Waals surface area contributed by atoms with E-state index in [1.165, 1.54) is 13.8 Å². The first-order valence-corrected chi connectivity index (χ1v) is 46.8. The molecule has 0 bridgehead atoms. The first kappa shape index (κ1) is 119. The minimum Gasteiger partial charge on any atom is -0.481 e. The summed E-state index contributed by atoms with van der Waals surface area (Å²) in [4.78, 5) is 289. The summed E-state index contributed by atoms with van der Waals surface area (Å²) in [6, 6.07) is -11.4. The molecule has 0 saturated carbocycles. The van der Waals surface area contributed by atoms with Crippen molar-refractivity contribution in [3.63, 3.8) is 0 Å². The summed E-state index contributed by atoms with van der Waals surface area (Å²) in [5.74, 6) is -26.0. The number of amides is 17.